The molecule has 13 heteroatoms. The fourth-order valence-electron chi connectivity index (χ4n) is 9.35. The standard InChI is InChI=1S/C31H41FO12/c1-4-5-21-42-20-11-17-16-7-6-14-10-15(33)8-9-28(14,2)30(16,32)18(34)12-29(17,3)31(20,44-21)19(35)13-41-27-24(38)22(36)23(37)25(43-27)26(39)40/h8-10,16-18,20-25,27,34,36-38H,4-7,11-13H2,1-3H3,(H,39,40)/t16?,17?,18-,20-,21?,22+,23+,24-,25+,27-,28+,29+,30?,31-/m1/s1. The first-order valence-electron chi connectivity index (χ1n) is 15.4. The Kier molecular flexibility index (Phi) is 7.77. The number of hydrogen-bond acceptors (Lipinski definition) is 11. The third-order valence-corrected chi connectivity index (χ3v) is 11.6. The van der Waals surface area contributed by atoms with Gasteiger partial charge in [-0.1, -0.05) is 31.9 Å². The van der Waals surface area contributed by atoms with Crippen molar-refractivity contribution < 1.29 is 63.3 Å². The van der Waals surface area contributed by atoms with Crippen LogP contribution in [0.5, 0.6) is 0 Å². The summed E-state index contributed by atoms with van der Waals surface area (Å²) in [5.41, 5.74) is -5.48. The Balaban J connectivity index is 1.32. The van der Waals surface area contributed by atoms with Crippen molar-refractivity contribution in [2.75, 3.05) is 6.61 Å². The van der Waals surface area contributed by atoms with Gasteiger partial charge in [0.1, 0.15) is 24.9 Å². The second kappa shape index (κ2) is 10.7. The maximum atomic E-state index is 17.6. The largest absolute Gasteiger partial charge is 0.479 e. The number of fused-ring (bicyclic) bond motifs is 7. The third-order valence-electron chi connectivity index (χ3n) is 11.6. The normalized spacial score (nSPS) is 51.2. The van der Waals surface area contributed by atoms with Crippen LogP contribution in [-0.4, -0.2) is 110 Å². The summed E-state index contributed by atoms with van der Waals surface area (Å²) in [6, 6.07) is 0. The number of carbonyl (C=O) groups is 3. The summed E-state index contributed by atoms with van der Waals surface area (Å²) in [4.78, 5) is 38.0. The van der Waals surface area contributed by atoms with Crippen molar-refractivity contribution in [3.05, 3.63) is 23.8 Å². The zero-order valence-corrected chi connectivity index (χ0v) is 24.9. The van der Waals surface area contributed by atoms with Crippen molar-refractivity contribution in [3.63, 3.8) is 0 Å². The molecule has 0 radical (unpaired) electrons. The minimum Gasteiger partial charge on any atom is -0.479 e. The van der Waals surface area contributed by atoms with Gasteiger partial charge in [0.15, 0.2) is 41.5 Å². The van der Waals surface area contributed by atoms with Crippen LogP contribution in [0.3, 0.4) is 0 Å². The number of allylic oxidation sites excluding steroid dienone is 4. The number of aliphatic hydroxyl groups excluding tert-OH is 4. The number of hydrogen-bond donors (Lipinski definition) is 5. The fourth-order valence-corrected chi connectivity index (χ4v) is 9.35. The molecule has 14 atom stereocenters. The van der Waals surface area contributed by atoms with E-state index in [1.807, 2.05) is 6.92 Å². The summed E-state index contributed by atoms with van der Waals surface area (Å²) >= 11 is 0. The smallest absolute Gasteiger partial charge is 0.335 e. The Labute approximate surface area is 253 Å². The van der Waals surface area contributed by atoms with Gasteiger partial charge in [0, 0.05) is 16.7 Å². The topological polar surface area (TPSA) is 189 Å². The molecule has 12 nitrogen and oxygen atoms in total. The number of aliphatic hydroxyl groups is 4. The number of carboxylic acid groups (broad SMARTS) is 1. The van der Waals surface area contributed by atoms with Crippen LogP contribution >= 0.6 is 0 Å². The van der Waals surface area contributed by atoms with Crippen molar-refractivity contribution >= 4 is 17.5 Å². The Morgan fingerprint density at radius 3 is 2.50 bits per heavy atom. The summed E-state index contributed by atoms with van der Waals surface area (Å²) < 4.78 is 41.1. The lowest BCUT2D eigenvalue weighted by Gasteiger charge is -2.62. The van der Waals surface area contributed by atoms with Crippen LogP contribution in [0.4, 0.5) is 4.39 Å². The van der Waals surface area contributed by atoms with Crippen molar-refractivity contribution in [1.82, 2.24) is 0 Å². The molecule has 0 amide bonds. The van der Waals surface area contributed by atoms with Gasteiger partial charge in [0.05, 0.1) is 12.2 Å². The summed E-state index contributed by atoms with van der Waals surface area (Å²) in [6.45, 7) is 4.70. The van der Waals surface area contributed by atoms with Crippen molar-refractivity contribution in [3.8, 4) is 0 Å². The predicted molar refractivity (Wildman–Crippen MR) is 146 cm³/mol. The molecule has 0 aromatic heterocycles. The molecule has 6 aliphatic rings. The first-order valence-corrected chi connectivity index (χ1v) is 15.4. The molecule has 2 aliphatic heterocycles. The number of carbonyl (C=O) groups excluding carboxylic acids is 2. The van der Waals surface area contributed by atoms with E-state index in [1.54, 1.807) is 19.9 Å². The first-order chi connectivity index (χ1) is 20.7. The molecular weight excluding hydrogens is 583 g/mol. The number of halogens is 1. The summed E-state index contributed by atoms with van der Waals surface area (Å²) in [7, 11) is 0. The summed E-state index contributed by atoms with van der Waals surface area (Å²) in [5.74, 6) is -3.58. The second-order valence-electron chi connectivity index (χ2n) is 13.7. The minimum absolute atomic E-state index is 0.145. The average Bonchev–Trinajstić information content (AvgIpc) is 3.44. The van der Waals surface area contributed by atoms with Gasteiger partial charge in [0.25, 0.3) is 0 Å². The molecule has 2 saturated heterocycles. The number of Topliss-reactive ketones (excluding diaryl/α,β-unsaturated/α-hetero) is 1. The fraction of sp³-hybridized carbons (Fsp3) is 0.774. The maximum Gasteiger partial charge on any atom is 0.335 e. The van der Waals surface area contributed by atoms with E-state index in [0.29, 0.717) is 31.3 Å². The van der Waals surface area contributed by atoms with Gasteiger partial charge < -0.3 is 44.5 Å². The monoisotopic (exact) mass is 624 g/mol. The quantitative estimate of drug-likeness (QED) is 0.267. The van der Waals surface area contributed by atoms with E-state index >= 15 is 4.39 Å². The summed E-state index contributed by atoms with van der Waals surface area (Å²) in [6.07, 6.45) is -5.96. The Bertz CT molecular complexity index is 1290. The van der Waals surface area contributed by atoms with E-state index in [-0.39, 0.29) is 18.6 Å². The molecule has 6 rings (SSSR count). The van der Waals surface area contributed by atoms with Crippen LogP contribution in [0, 0.1) is 22.7 Å². The molecule has 5 N–H and O–H groups in total. The number of aliphatic carboxylic acids is 1. The summed E-state index contributed by atoms with van der Waals surface area (Å²) in [5, 5.41) is 51.7. The number of rotatable bonds is 7. The van der Waals surface area contributed by atoms with Crippen molar-refractivity contribution in [1.29, 1.82) is 0 Å². The molecule has 0 bridgehead atoms. The Hall–Kier alpha value is -2.10. The van der Waals surface area contributed by atoms with Gasteiger partial charge in [-0.25, -0.2) is 9.18 Å². The highest BCUT2D eigenvalue weighted by Crippen LogP contribution is 2.71. The van der Waals surface area contributed by atoms with Gasteiger partial charge in [-0.15, -0.1) is 0 Å². The van der Waals surface area contributed by atoms with Gasteiger partial charge in [-0.05, 0) is 57.1 Å². The molecule has 0 spiro atoms. The Morgan fingerprint density at radius 1 is 1.09 bits per heavy atom. The number of carboxylic acids is 1. The molecular formula is C31H41FO12. The highest BCUT2D eigenvalue weighted by molar-refractivity contribution is 6.01. The molecule has 2 heterocycles. The van der Waals surface area contributed by atoms with Crippen molar-refractivity contribution in [2.45, 2.75) is 120 Å². The van der Waals surface area contributed by atoms with E-state index in [4.69, 9.17) is 18.9 Å². The molecule has 0 aromatic rings. The Morgan fingerprint density at radius 2 is 1.82 bits per heavy atom. The van der Waals surface area contributed by atoms with Gasteiger partial charge in [-0.3, -0.25) is 9.59 Å². The first kappa shape index (κ1) is 31.9. The zero-order valence-electron chi connectivity index (χ0n) is 24.9. The molecule has 5 fully saturated rings. The maximum absolute atomic E-state index is 17.6. The molecule has 244 valence electrons. The third kappa shape index (κ3) is 4.13. The SMILES string of the molecule is CCCC1O[C@@H]2CC3C4CCC5=CC(=O)C=C[C@]5(C)C4(F)[C@H](O)C[C@]3(C)[C@]2(C(=O)CO[C@@H]2O[C@H](C(=O)O)[C@@H](O)[C@H](O)[C@H]2O)O1. The van der Waals surface area contributed by atoms with Gasteiger partial charge in [0.2, 0.25) is 0 Å². The van der Waals surface area contributed by atoms with Crippen LogP contribution in [0.15, 0.2) is 23.8 Å². The van der Waals surface area contributed by atoms with Crippen LogP contribution in [0.1, 0.15) is 59.3 Å². The zero-order chi connectivity index (χ0) is 32.0. The van der Waals surface area contributed by atoms with Crippen LogP contribution in [0.25, 0.3) is 0 Å². The molecule has 0 aromatic carbocycles. The van der Waals surface area contributed by atoms with Crippen LogP contribution in [-0.2, 0) is 33.3 Å². The molecule has 44 heavy (non-hydrogen) atoms. The van der Waals surface area contributed by atoms with E-state index < -0.39 is 101 Å². The van der Waals surface area contributed by atoms with Gasteiger partial charge >= 0.3 is 5.97 Å². The predicted octanol–water partition coefficient (Wildman–Crippen LogP) is 0.725. The lowest BCUT2D eigenvalue weighted by atomic mass is 9.44. The molecule has 3 saturated carbocycles. The lowest BCUT2D eigenvalue weighted by molar-refractivity contribution is -0.293. The van der Waals surface area contributed by atoms with Crippen molar-refractivity contribution in [2.24, 2.45) is 22.7 Å². The lowest BCUT2D eigenvalue weighted by Crippen LogP contribution is -2.70. The van der Waals surface area contributed by atoms with Gasteiger partial charge in [-0.2, -0.15) is 0 Å². The average molecular weight is 625 g/mol. The van der Waals surface area contributed by atoms with E-state index in [0.717, 1.165) is 0 Å². The van der Waals surface area contributed by atoms with E-state index in [9.17, 15) is 39.9 Å². The highest BCUT2D eigenvalue weighted by atomic mass is 19.1. The van der Waals surface area contributed by atoms with Crippen LogP contribution in [0.2, 0.25) is 0 Å². The second-order valence-corrected chi connectivity index (χ2v) is 13.7. The molecule has 4 aliphatic carbocycles. The number of ketones is 2. The van der Waals surface area contributed by atoms with E-state index in [1.165, 1.54) is 12.2 Å². The van der Waals surface area contributed by atoms with Crippen LogP contribution < -0.4 is 0 Å². The number of ether oxygens (including phenoxy) is 4. The number of alkyl halides is 1. The minimum atomic E-state index is -2.12. The highest BCUT2D eigenvalue weighted by Gasteiger charge is 2.79. The van der Waals surface area contributed by atoms with E-state index in [2.05, 4.69) is 0 Å². The molecule has 4 unspecified atom stereocenters.